The van der Waals surface area contributed by atoms with E-state index in [-0.39, 0.29) is 0 Å². The fourth-order valence-corrected chi connectivity index (χ4v) is 4.11. The Hall–Kier alpha value is -2.38. The summed E-state index contributed by atoms with van der Waals surface area (Å²) in [5.41, 5.74) is 15.2. The first-order chi connectivity index (χ1) is 11.1. The van der Waals surface area contributed by atoms with E-state index in [0.717, 1.165) is 52.3 Å². The monoisotopic (exact) mass is 328 g/mol. The molecule has 23 heavy (non-hydrogen) atoms. The van der Waals surface area contributed by atoms with Crippen LogP contribution in [-0.4, -0.2) is 29.4 Å². The van der Waals surface area contributed by atoms with E-state index >= 15 is 0 Å². The van der Waals surface area contributed by atoms with Crippen LogP contribution in [0, 0.1) is 0 Å². The van der Waals surface area contributed by atoms with E-state index in [1.165, 1.54) is 11.3 Å². The van der Waals surface area contributed by atoms with Gasteiger partial charge in [-0.2, -0.15) is 0 Å². The standard InChI is InChI=1S/C16H16N4O2S/c1-20-5-4-9-8(7-20)11(10-3-2-6-22-10)12-13(17)14(15(18)21)23-16(12)19-9/h2-3,6H,4-5,7,17H2,1H3,(H2,18,21). The van der Waals surface area contributed by atoms with Crippen molar-refractivity contribution in [3.05, 3.63) is 34.5 Å². The Morgan fingerprint density at radius 3 is 3.00 bits per heavy atom. The van der Waals surface area contributed by atoms with E-state index in [0.29, 0.717) is 10.6 Å². The Balaban J connectivity index is 2.12. The Kier molecular flexibility index (Phi) is 3.14. The maximum absolute atomic E-state index is 11.7. The van der Waals surface area contributed by atoms with Crippen LogP contribution in [0.15, 0.2) is 22.8 Å². The van der Waals surface area contributed by atoms with Gasteiger partial charge < -0.3 is 20.8 Å². The molecule has 7 heteroatoms. The molecule has 0 radical (unpaired) electrons. The maximum Gasteiger partial charge on any atom is 0.260 e. The highest BCUT2D eigenvalue weighted by Gasteiger charge is 2.27. The zero-order chi connectivity index (χ0) is 16.1. The highest BCUT2D eigenvalue weighted by Crippen LogP contribution is 2.43. The number of pyridine rings is 1. The molecule has 3 aromatic rings. The minimum Gasteiger partial charge on any atom is -0.464 e. The second-order valence-electron chi connectivity index (χ2n) is 5.77. The van der Waals surface area contributed by atoms with Crippen molar-refractivity contribution in [1.29, 1.82) is 0 Å². The first-order valence-corrected chi connectivity index (χ1v) is 8.14. The molecule has 0 atom stereocenters. The van der Waals surface area contributed by atoms with Crippen molar-refractivity contribution in [2.24, 2.45) is 5.73 Å². The molecule has 0 aromatic carbocycles. The van der Waals surface area contributed by atoms with Gasteiger partial charge in [-0.15, -0.1) is 11.3 Å². The van der Waals surface area contributed by atoms with Gasteiger partial charge in [-0.1, -0.05) is 0 Å². The molecule has 0 unspecified atom stereocenters. The summed E-state index contributed by atoms with van der Waals surface area (Å²) >= 11 is 1.25. The van der Waals surface area contributed by atoms with Crippen molar-refractivity contribution in [1.82, 2.24) is 9.88 Å². The number of thiophene rings is 1. The Bertz CT molecular complexity index is 914. The molecule has 118 valence electrons. The average Bonchev–Trinajstić information content (AvgIpc) is 3.14. The number of amides is 1. The Morgan fingerprint density at radius 2 is 2.30 bits per heavy atom. The largest absolute Gasteiger partial charge is 0.464 e. The highest BCUT2D eigenvalue weighted by atomic mass is 32.1. The fourth-order valence-electron chi connectivity index (χ4n) is 3.14. The van der Waals surface area contributed by atoms with Gasteiger partial charge in [-0.25, -0.2) is 4.98 Å². The lowest BCUT2D eigenvalue weighted by molar-refractivity contribution is 0.100. The summed E-state index contributed by atoms with van der Waals surface area (Å²) in [6.45, 7) is 1.72. The van der Waals surface area contributed by atoms with Crippen LogP contribution in [0.4, 0.5) is 5.69 Å². The molecule has 0 fully saturated rings. The number of anilines is 1. The van der Waals surface area contributed by atoms with Gasteiger partial charge in [0.2, 0.25) is 0 Å². The van der Waals surface area contributed by atoms with Gasteiger partial charge in [0, 0.05) is 36.2 Å². The molecule has 0 spiro atoms. The summed E-state index contributed by atoms with van der Waals surface area (Å²) in [6, 6.07) is 3.75. The van der Waals surface area contributed by atoms with Crippen LogP contribution in [-0.2, 0) is 13.0 Å². The lowest BCUT2D eigenvalue weighted by Crippen LogP contribution is -2.27. The van der Waals surface area contributed by atoms with Crippen LogP contribution in [0.25, 0.3) is 21.5 Å². The minimum absolute atomic E-state index is 0.357. The van der Waals surface area contributed by atoms with Gasteiger partial charge >= 0.3 is 0 Å². The van der Waals surface area contributed by atoms with Crippen LogP contribution in [0.1, 0.15) is 20.9 Å². The summed E-state index contributed by atoms with van der Waals surface area (Å²) in [6.07, 6.45) is 2.50. The number of rotatable bonds is 2. The third-order valence-electron chi connectivity index (χ3n) is 4.21. The van der Waals surface area contributed by atoms with E-state index in [9.17, 15) is 4.79 Å². The zero-order valence-corrected chi connectivity index (χ0v) is 13.4. The predicted octanol–water partition coefficient (Wildman–Crippen LogP) is 2.23. The molecule has 4 N–H and O–H groups in total. The van der Waals surface area contributed by atoms with Crippen molar-refractivity contribution in [2.75, 3.05) is 19.3 Å². The zero-order valence-electron chi connectivity index (χ0n) is 12.6. The van der Waals surface area contributed by atoms with Crippen LogP contribution in [0.3, 0.4) is 0 Å². The van der Waals surface area contributed by atoms with E-state index in [2.05, 4.69) is 11.9 Å². The van der Waals surface area contributed by atoms with Gasteiger partial charge in [0.05, 0.1) is 12.0 Å². The number of furan rings is 1. The molecule has 3 aromatic heterocycles. The molecule has 0 saturated carbocycles. The predicted molar refractivity (Wildman–Crippen MR) is 90.3 cm³/mol. The van der Waals surface area contributed by atoms with Gasteiger partial charge in [-0.05, 0) is 24.7 Å². The van der Waals surface area contributed by atoms with Crippen LogP contribution in [0.5, 0.6) is 0 Å². The number of nitrogen functional groups attached to an aromatic ring is 1. The molecule has 4 heterocycles. The molecule has 6 nitrogen and oxygen atoms in total. The summed E-state index contributed by atoms with van der Waals surface area (Å²) < 4.78 is 5.64. The van der Waals surface area contributed by atoms with Crippen molar-refractivity contribution in [2.45, 2.75) is 13.0 Å². The summed E-state index contributed by atoms with van der Waals surface area (Å²) in [7, 11) is 2.07. The average molecular weight is 328 g/mol. The van der Waals surface area contributed by atoms with E-state index in [1.807, 2.05) is 12.1 Å². The molecule has 0 aliphatic carbocycles. The SMILES string of the molecule is CN1CCc2nc3sc(C(N)=O)c(N)c3c(-c3ccco3)c2C1. The number of hydrogen-bond acceptors (Lipinski definition) is 6. The van der Waals surface area contributed by atoms with E-state index in [1.54, 1.807) is 6.26 Å². The number of carbonyl (C=O) groups excluding carboxylic acids is 1. The lowest BCUT2D eigenvalue weighted by atomic mass is 9.95. The number of nitrogens with zero attached hydrogens (tertiary/aromatic N) is 2. The molecule has 1 amide bonds. The number of fused-ring (bicyclic) bond motifs is 2. The highest BCUT2D eigenvalue weighted by molar-refractivity contribution is 7.21. The molecular weight excluding hydrogens is 312 g/mol. The molecule has 4 rings (SSSR count). The van der Waals surface area contributed by atoms with Crippen molar-refractivity contribution in [3.63, 3.8) is 0 Å². The topological polar surface area (TPSA) is 98.4 Å². The molecule has 1 aliphatic heterocycles. The number of aromatic nitrogens is 1. The molecule has 0 bridgehead atoms. The van der Waals surface area contributed by atoms with Crippen LogP contribution >= 0.6 is 11.3 Å². The minimum atomic E-state index is -0.522. The fraction of sp³-hybridized carbons (Fsp3) is 0.250. The lowest BCUT2D eigenvalue weighted by Gasteiger charge is -2.26. The maximum atomic E-state index is 11.7. The molecule has 0 saturated heterocycles. The van der Waals surface area contributed by atoms with Gasteiger partial charge in [0.25, 0.3) is 5.91 Å². The van der Waals surface area contributed by atoms with Gasteiger partial charge in [0.15, 0.2) is 0 Å². The molecule has 1 aliphatic rings. The number of nitrogens with two attached hydrogens (primary N) is 2. The summed E-state index contributed by atoms with van der Waals surface area (Å²) in [4.78, 5) is 19.7. The van der Waals surface area contributed by atoms with Crippen LogP contribution < -0.4 is 11.5 Å². The number of hydrogen-bond donors (Lipinski definition) is 2. The van der Waals surface area contributed by atoms with Crippen molar-refractivity contribution >= 4 is 33.1 Å². The molecular formula is C16H16N4O2S. The van der Waals surface area contributed by atoms with Crippen molar-refractivity contribution in [3.8, 4) is 11.3 Å². The number of primary amides is 1. The van der Waals surface area contributed by atoms with Crippen LogP contribution in [0.2, 0.25) is 0 Å². The van der Waals surface area contributed by atoms with Gasteiger partial charge in [-0.3, -0.25) is 4.79 Å². The first kappa shape index (κ1) is 14.2. The quantitative estimate of drug-likeness (QED) is 0.751. The van der Waals surface area contributed by atoms with E-state index < -0.39 is 5.91 Å². The summed E-state index contributed by atoms with van der Waals surface area (Å²) in [5, 5.41) is 0.771. The third kappa shape index (κ3) is 2.12. The normalized spacial score (nSPS) is 15.0. The Labute approximate surface area is 136 Å². The second-order valence-corrected chi connectivity index (χ2v) is 6.77. The first-order valence-electron chi connectivity index (χ1n) is 7.32. The number of carbonyl (C=O) groups is 1. The smallest absolute Gasteiger partial charge is 0.260 e. The van der Waals surface area contributed by atoms with Crippen molar-refractivity contribution < 1.29 is 9.21 Å². The second kappa shape index (κ2) is 5.07. The third-order valence-corrected chi connectivity index (χ3v) is 5.33. The summed E-state index contributed by atoms with van der Waals surface area (Å²) in [5.74, 6) is 0.218. The Morgan fingerprint density at radius 1 is 1.48 bits per heavy atom. The number of likely N-dealkylation sites (N-methyl/N-ethyl adjacent to an activating group) is 1. The van der Waals surface area contributed by atoms with Gasteiger partial charge in [0.1, 0.15) is 15.5 Å². The van der Waals surface area contributed by atoms with E-state index in [4.69, 9.17) is 20.9 Å².